The number of amides is 2. The monoisotopic (exact) mass is 471 g/mol. The number of phenolic OH excluding ortho intramolecular Hbond substituents is 1. The van der Waals surface area contributed by atoms with E-state index in [1.807, 2.05) is 0 Å². The first-order chi connectivity index (χ1) is 14.1. The molecular weight excluding hydrogens is 453 g/mol. The minimum atomic E-state index is -0.885. The van der Waals surface area contributed by atoms with Gasteiger partial charge in [0.15, 0.2) is 11.5 Å². The van der Waals surface area contributed by atoms with Crippen LogP contribution in [0.25, 0.3) is 0 Å². The topological polar surface area (TPSA) is 100 Å². The number of nitrogens with one attached hydrogen (secondary N) is 2. The minimum Gasteiger partial charge on any atom is -0.504 e. The molecule has 0 radical (unpaired) electrons. The van der Waals surface area contributed by atoms with Crippen LogP contribution in [0.3, 0.4) is 0 Å². The zero-order chi connectivity index (χ0) is 22.4. The second-order valence-corrected chi connectivity index (χ2v) is 7.88. The van der Waals surface area contributed by atoms with Crippen molar-refractivity contribution in [2.24, 2.45) is 11.0 Å². The summed E-state index contributed by atoms with van der Waals surface area (Å²) in [4.78, 5) is 25.1. The van der Waals surface area contributed by atoms with Crippen molar-refractivity contribution in [2.45, 2.75) is 19.9 Å². The van der Waals surface area contributed by atoms with Crippen LogP contribution < -0.4 is 15.5 Å². The lowest BCUT2D eigenvalue weighted by Crippen LogP contribution is -2.48. The zero-order valence-electron chi connectivity index (χ0n) is 16.4. The number of rotatable bonds is 7. The van der Waals surface area contributed by atoms with E-state index in [2.05, 4.69) is 15.8 Å². The third-order valence-corrected chi connectivity index (χ3v) is 4.85. The number of methoxy groups -OCH3 is 1. The van der Waals surface area contributed by atoms with Crippen LogP contribution in [-0.2, 0) is 4.79 Å². The number of carbonyl (C=O) groups is 2. The van der Waals surface area contributed by atoms with Crippen LogP contribution >= 0.6 is 34.8 Å². The lowest BCUT2D eigenvalue weighted by molar-refractivity contribution is -0.123. The molecule has 0 aromatic heterocycles. The number of carbonyl (C=O) groups excluding carboxylic acids is 2. The third kappa shape index (κ3) is 6.01. The Kier molecular flexibility index (Phi) is 8.34. The third-order valence-electron chi connectivity index (χ3n) is 4.08. The van der Waals surface area contributed by atoms with Gasteiger partial charge < -0.3 is 15.2 Å². The van der Waals surface area contributed by atoms with Gasteiger partial charge in [-0.05, 0) is 30.2 Å². The fourth-order valence-corrected chi connectivity index (χ4v) is 3.22. The van der Waals surface area contributed by atoms with Crippen molar-refractivity contribution in [3.8, 4) is 11.5 Å². The number of ether oxygens (including phenoxy) is 1. The van der Waals surface area contributed by atoms with Crippen LogP contribution in [0.4, 0.5) is 0 Å². The number of halogens is 3. The first kappa shape index (κ1) is 23.8. The van der Waals surface area contributed by atoms with Gasteiger partial charge in [0.1, 0.15) is 6.04 Å². The molecule has 160 valence electrons. The first-order valence-electron chi connectivity index (χ1n) is 8.79. The Hall–Kier alpha value is -2.48. The Morgan fingerprint density at radius 2 is 1.83 bits per heavy atom. The highest BCUT2D eigenvalue weighted by Crippen LogP contribution is 2.32. The summed E-state index contributed by atoms with van der Waals surface area (Å²) in [5, 5.41) is 17.5. The number of hydrazone groups is 1. The number of hydrogen-bond donors (Lipinski definition) is 3. The van der Waals surface area contributed by atoms with Gasteiger partial charge in [0.2, 0.25) is 0 Å². The van der Waals surface area contributed by atoms with Crippen molar-refractivity contribution in [3.05, 3.63) is 56.5 Å². The van der Waals surface area contributed by atoms with Gasteiger partial charge in [0.05, 0.1) is 23.9 Å². The van der Waals surface area contributed by atoms with E-state index in [1.54, 1.807) is 13.8 Å². The molecule has 3 N–H and O–H groups in total. The molecule has 0 fully saturated rings. The maximum atomic E-state index is 12.5. The van der Waals surface area contributed by atoms with E-state index < -0.39 is 17.9 Å². The summed E-state index contributed by atoms with van der Waals surface area (Å²) < 4.78 is 5.02. The highest BCUT2D eigenvalue weighted by Gasteiger charge is 2.25. The fraction of sp³-hybridized carbons (Fsp3) is 0.250. The van der Waals surface area contributed by atoms with Crippen molar-refractivity contribution >= 4 is 52.8 Å². The summed E-state index contributed by atoms with van der Waals surface area (Å²) in [6, 6.07) is 6.46. The van der Waals surface area contributed by atoms with Gasteiger partial charge in [-0.25, -0.2) is 5.43 Å². The van der Waals surface area contributed by atoms with Gasteiger partial charge in [0.25, 0.3) is 11.8 Å². The Morgan fingerprint density at radius 3 is 2.43 bits per heavy atom. The van der Waals surface area contributed by atoms with Gasteiger partial charge in [-0.2, -0.15) is 5.10 Å². The highest BCUT2D eigenvalue weighted by molar-refractivity contribution is 6.36. The second kappa shape index (κ2) is 10.5. The number of phenols is 1. The van der Waals surface area contributed by atoms with Crippen LogP contribution in [0.2, 0.25) is 15.1 Å². The second-order valence-electron chi connectivity index (χ2n) is 6.60. The van der Waals surface area contributed by atoms with E-state index in [0.29, 0.717) is 10.0 Å². The van der Waals surface area contributed by atoms with Gasteiger partial charge in [-0.15, -0.1) is 0 Å². The lowest BCUT2D eigenvalue weighted by Gasteiger charge is -2.20. The molecular formula is C20H20Cl3N3O4. The summed E-state index contributed by atoms with van der Waals surface area (Å²) in [7, 11) is 1.39. The molecule has 30 heavy (non-hydrogen) atoms. The van der Waals surface area contributed by atoms with Gasteiger partial charge >= 0.3 is 0 Å². The summed E-state index contributed by atoms with van der Waals surface area (Å²) >= 11 is 17.9. The molecule has 7 nitrogen and oxygen atoms in total. The van der Waals surface area contributed by atoms with E-state index in [0.717, 1.165) is 0 Å². The Bertz CT molecular complexity index is 980. The van der Waals surface area contributed by atoms with Crippen molar-refractivity contribution in [1.82, 2.24) is 10.7 Å². The van der Waals surface area contributed by atoms with Crippen molar-refractivity contribution in [1.29, 1.82) is 0 Å². The molecule has 2 rings (SSSR count). The predicted octanol–water partition coefficient (Wildman–Crippen LogP) is 4.27. The molecule has 10 heteroatoms. The molecule has 1 atom stereocenters. The van der Waals surface area contributed by atoms with Gasteiger partial charge in [-0.3, -0.25) is 9.59 Å². The molecule has 2 aromatic rings. The highest BCUT2D eigenvalue weighted by atomic mass is 35.5. The average Bonchev–Trinajstić information content (AvgIpc) is 2.67. The Balaban J connectivity index is 2.12. The van der Waals surface area contributed by atoms with Crippen LogP contribution in [0.15, 0.2) is 35.4 Å². The molecule has 1 unspecified atom stereocenters. The molecule has 2 amide bonds. The van der Waals surface area contributed by atoms with Gasteiger partial charge in [0, 0.05) is 21.7 Å². The molecule has 0 bridgehead atoms. The van der Waals surface area contributed by atoms with Crippen molar-refractivity contribution < 1.29 is 19.4 Å². The molecule has 0 aliphatic rings. The van der Waals surface area contributed by atoms with Gasteiger partial charge in [-0.1, -0.05) is 48.7 Å². The number of nitrogens with zero attached hydrogens (tertiary/aromatic N) is 1. The first-order valence-corrected chi connectivity index (χ1v) is 9.92. The fourth-order valence-electron chi connectivity index (χ4n) is 2.51. The molecule has 0 aliphatic carbocycles. The van der Waals surface area contributed by atoms with E-state index >= 15 is 0 Å². The van der Waals surface area contributed by atoms with E-state index in [4.69, 9.17) is 39.5 Å². The van der Waals surface area contributed by atoms with E-state index in [9.17, 15) is 14.7 Å². The predicted molar refractivity (Wildman–Crippen MR) is 118 cm³/mol. The molecule has 0 heterocycles. The van der Waals surface area contributed by atoms with E-state index in [1.165, 1.54) is 43.7 Å². The number of aromatic hydroxyl groups is 1. The zero-order valence-corrected chi connectivity index (χ0v) is 18.6. The summed E-state index contributed by atoms with van der Waals surface area (Å²) in [5.74, 6) is -1.32. The standard InChI is InChI=1S/C20H20Cl3N3O4/c1-10(2)17(25-19(28)14-5-4-12(21)7-15(14)23)20(29)26-24-9-11-6-13(22)8-16(30-3)18(11)27/h4-10,17,27H,1-3H3,(H,25,28)(H,26,29)/b24-9+. The Labute approximate surface area is 189 Å². The van der Waals surface area contributed by atoms with Crippen LogP contribution in [0.1, 0.15) is 29.8 Å². The van der Waals surface area contributed by atoms with E-state index in [-0.39, 0.29) is 33.6 Å². The smallest absolute Gasteiger partial charge is 0.262 e. The lowest BCUT2D eigenvalue weighted by atomic mass is 10.0. The average molecular weight is 473 g/mol. The van der Waals surface area contributed by atoms with Crippen molar-refractivity contribution in [2.75, 3.05) is 7.11 Å². The van der Waals surface area contributed by atoms with Crippen LogP contribution in [0, 0.1) is 5.92 Å². The number of benzene rings is 2. The van der Waals surface area contributed by atoms with Crippen molar-refractivity contribution in [3.63, 3.8) is 0 Å². The molecule has 0 saturated carbocycles. The minimum absolute atomic E-state index is 0.169. The SMILES string of the molecule is COc1cc(Cl)cc(/C=N/NC(=O)C(NC(=O)c2ccc(Cl)cc2Cl)C(C)C)c1O. The summed E-state index contributed by atoms with van der Waals surface area (Å²) in [6.45, 7) is 3.54. The molecule has 2 aromatic carbocycles. The van der Waals surface area contributed by atoms with Crippen LogP contribution in [-0.4, -0.2) is 36.3 Å². The molecule has 0 spiro atoms. The summed E-state index contributed by atoms with van der Waals surface area (Å²) in [6.07, 6.45) is 1.22. The number of hydrogen-bond acceptors (Lipinski definition) is 5. The normalized spacial score (nSPS) is 12.1. The summed E-state index contributed by atoms with van der Waals surface area (Å²) in [5.41, 5.74) is 2.79. The Morgan fingerprint density at radius 1 is 1.13 bits per heavy atom. The maximum absolute atomic E-state index is 12.5. The quantitative estimate of drug-likeness (QED) is 0.414. The largest absolute Gasteiger partial charge is 0.504 e. The molecule has 0 aliphatic heterocycles. The maximum Gasteiger partial charge on any atom is 0.262 e. The van der Waals surface area contributed by atoms with Crippen LogP contribution in [0.5, 0.6) is 11.5 Å². The molecule has 0 saturated heterocycles.